The van der Waals surface area contributed by atoms with Gasteiger partial charge in [0.2, 0.25) is 0 Å². The molecule has 0 fully saturated rings. The number of carboxylic acids is 1. The van der Waals surface area contributed by atoms with Crippen molar-refractivity contribution in [2.45, 2.75) is 19.4 Å². The third-order valence-corrected chi connectivity index (χ3v) is 3.60. The number of carbonyl (C=O) groups excluding carboxylic acids is 1. The van der Waals surface area contributed by atoms with E-state index in [1.54, 1.807) is 11.6 Å². The Labute approximate surface area is 121 Å². The van der Waals surface area contributed by atoms with Crippen LogP contribution in [0.1, 0.15) is 24.3 Å². The van der Waals surface area contributed by atoms with Gasteiger partial charge in [-0.05, 0) is 19.9 Å². The van der Waals surface area contributed by atoms with Gasteiger partial charge >= 0.3 is 5.97 Å². The van der Waals surface area contributed by atoms with Crippen LogP contribution in [0.2, 0.25) is 5.02 Å². The van der Waals surface area contributed by atoms with Gasteiger partial charge in [0.1, 0.15) is 11.2 Å². The second-order valence-corrected chi connectivity index (χ2v) is 5.50. The average molecular weight is 295 g/mol. The lowest BCUT2D eigenvalue weighted by molar-refractivity contribution is -0.143. The Morgan fingerprint density at radius 1 is 1.30 bits per heavy atom. The summed E-state index contributed by atoms with van der Waals surface area (Å²) in [4.78, 5) is 23.4. The molecular weight excluding hydrogens is 280 g/mol. The maximum absolute atomic E-state index is 12.3. The van der Waals surface area contributed by atoms with Gasteiger partial charge in [0.25, 0.3) is 5.91 Å². The van der Waals surface area contributed by atoms with Crippen molar-refractivity contribution in [1.82, 2.24) is 9.88 Å². The Bertz CT molecular complexity index is 665. The minimum atomic E-state index is -1.36. The van der Waals surface area contributed by atoms with Crippen molar-refractivity contribution in [2.75, 3.05) is 0 Å². The van der Waals surface area contributed by atoms with Gasteiger partial charge in [0.15, 0.2) is 0 Å². The molecule has 0 aliphatic rings. The second-order valence-electron chi connectivity index (χ2n) is 5.12. The van der Waals surface area contributed by atoms with Crippen molar-refractivity contribution in [3.8, 4) is 0 Å². The smallest absolute Gasteiger partial charge is 0.328 e. The molecule has 1 amide bonds. The molecule has 0 aliphatic heterocycles. The number of halogens is 1. The first kappa shape index (κ1) is 14.4. The van der Waals surface area contributed by atoms with Gasteiger partial charge in [-0.2, -0.15) is 0 Å². The van der Waals surface area contributed by atoms with Crippen LogP contribution in [-0.2, 0) is 11.8 Å². The molecule has 0 unspecified atom stereocenters. The number of nitrogens with one attached hydrogen (secondary N) is 1. The van der Waals surface area contributed by atoms with Crippen LogP contribution in [0.4, 0.5) is 0 Å². The van der Waals surface area contributed by atoms with Gasteiger partial charge in [-0.25, -0.2) is 4.79 Å². The molecular formula is C14H15ClN2O3. The summed E-state index contributed by atoms with van der Waals surface area (Å²) in [6.07, 6.45) is 0. The van der Waals surface area contributed by atoms with Crippen LogP contribution >= 0.6 is 11.6 Å². The highest BCUT2D eigenvalue weighted by Crippen LogP contribution is 2.29. The molecule has 1 aromatic carbocycles. The van der Waals surface area contributed by atoms with Crippen molar-refractivity contribution in [2.24, 2.45) is 7.05 Å². The topological polar surface area (TPSA) is 71.3 Å². The summed E-state index contributed by atoms with van der Waals surface area (Å²) < 4.78 is 1.66. The number of benzene rings is 1. The van der Waals surface area contributed by atoms with Gasteiger partial charge in [0, 0.05) is 18.0 Å². The van der Waals surface area contributed by atoms with Crippen molar-refractivity contribution in [1.29, 1.82) is 0 Å². The number of hydrogen-bond acceptors (Lipinski definition) is 2. The van der Waals surface area contributed by atoms with E-state index in [9.17, 15) is 9.59 Å². The quantitative estimate of drug-likeness (QED) is 0.913. The maximum atomic E-state index is 12.3. The first-order chi connectivity index (χ1) is 9.25. The number of aliphatic carboxylic acids is 1. The number of rotatable bonds is 3. The number of aromatic nitrogens is 1. The summed E-state index contributed by atoms with van der Waals surface area (Å²) in [6, 6.07) is 7.34. The number of carboxylic acid groups (broad SMARTS) is 1. The predicted octanol–water partition coefficient (Wildman–Crippen LogP) is 2.42. The van der Waals surface area contributed by atoms with Gasteiger partial charge < -0.3 is 15.0 Å². The highest BCUT2D eigenvalue weighted by Gasteiger charge is 2.31. The number of fused-ring (bicyclic) bond motifs is 1. The zero-order valence-electron chi connectivity index (χ0n) is 11.4. The van der Waals surface area contributed by atoms with Gasteiger partial charge in [0.05, 0.1) is 5.02 Å². The highest BCUT2D eigenvalue weighted by molar-refractivity contribution is 6.38. The molecule has 2 N–H and O–H groups in total. The standard InChI is InChI=1S/C14H15ClN2O3/c1-14(2,13(19)20)16-12(18)11-10(15)8-6-4-5-7-9(8)17(11)3/h4-7H,1-3H3,(H,16,18)(H,19,20). The van der Waals surface area contributed by atoms with E-state index >= 15 is 0 Å². The monoisotopic (exact) mass is 294 g/mol. The van der Waals surface area contributed by atoms with Crippen molar-refractivity contribution >= 4 is 34.4 Å². The number of aryl methyl sites for hydroxylation is 1. The lowest BCUT2D eigenvalue weighted by Gasteiger charge is -2.21. The molecule has 20 heavy (non-hydrogen) atoms. The fourth-order valence-corrected chi connectivity index (χ4v) is 2.37. The third kappa shape index (κ3) is 2.25. The fourth-order valence-electron chi connectivity index (χ4n) is 2.00. The molecule has 106 valence electrons. The molecule has 2 rings (SSSR count). The Balaban J connectivity index is 2.48. The average Bonchev–Trinajstić information content (AvgIpc) is 2.62. The Morgan fingerprint density at radius 3 is 2.45 bits per heavy atom. The summed E-state index contributed by atoms with van der Waals surface area (Å²) in [5.74, 6) is -1.62. The van der Waals surface area contributed by atoms with E-state index in [0.29, 0.717) is 5.02 Å². The number of carbonyl (C=O) groups is 2. The minimum absolute atomic E-state index is 0.252. The molecule has 5 nitrogen and oxygen atoms in total. The highest BCUT2D eigenvalue weighted by atomic mass is 35.5. The van der Waals surface area contributed by atoms with E-state index in [1.165, 1.54) is 13.8 Å². The minimum Gasteiger partial charge on any atom is -0.480 e. The Morgan fingerprint density at radius 2 is 1.90 bits per heavy atom. The summed E-state index contributed by atoms with van der Waals surface area (Å²) in [7, 11) is 1.72. The fraction of sp³-hybridized carbons (Fsp3) is 0.286. The van der Waals surface area contributed by atoms with Gasteiger partial charge in [-0.1, -0.05) is 29.8 Å². The summed E-state index contributed by atoms with van der Waals surface area (Å²) in [5.41, 5.74) is -0.297. The zero-order chi connectivity index (χ0) is 15.1. The molecule has 0 bridgehead atoms. The molecule has 0 atom stereocenters. The lowest BCUT2D eigenvalue weighted by atomic mass is 10.1. The van der Waals surface area contributed by atoms with E-state index in [2.05, 4.69) is 5.32 Å². The van der Waals surface area contributed by atoms with E-state index in [-0.39, 0.29) is 5.69 Å². The molecule has 0 spiro atoms. The Kier molecular flexibility index (Phi) is 3.48. The predicted molar refractivity (Wildman–Crippen MR) is 77.1 cm³/mol. The van der Waals surface area contributed by atoms with Crippen molar-refractivity contribution in [3.63, 3.8) is 0 Å². The molecule has 0 saturated carbocycles. The summed E-state index contributed by atoms with van der Waals surface area (Å²) >= 11 is 6.24. The lowest BCUT2D eigenvalue weighted by Crippen LogP contribution is -2.50. The van der Waals surface area contributed by atoms with Crippen LogP contribution in [0, 0.1) is 0 Å². The summed E-state index contributed by atoms with van der Waals surface area (Å²) in [6.45, 7) is 2.84. The van der Waals surface area contributed by atoms with Crippen LogP contribution in [0.5, 0.6) is 0 Å². The molecule has 1 heterocycles. The van der Waals surface area contributed by atoms with Crippen LogP contribution in [-0.4, -0.2) is 27.1 Å². The number of amides is 1. The number of para-hydroxylation sites is 1. The molecule has 0 aliphatic carbocycles. The normalized spacial score (nSPS) is 11.6. The number of hydrogen-bond donors (Lipinski definition) is 2. The SMILES string of the molecule is Cn1c(C(=O)NC(C)(C)C(=O)O)c(Cl)c2ccccc21. The van der Waals surface area contributed by atoms with Crippen LogP contribution < -0.4 is 5.32 Å². The zero-order valence-corrected chi connectivity index (χ0v) is 12.2. The van der Waals surface area contributed by atoms with Crippen LogP contribution in [0.3, 0.4) is 0 Å². The van der Waals surface area contributed by atoms with Gasteiger partial charge in [-0.15, -0.1) is 0 Å². The van der Waals surface area contributed by atoms with Crippen molar-refractivity contribution in [3.05, 3.63) is 35.0 Å². The first-order valence-electron chi connectivity index (χ1n) is 6.04. The van der Waals surface area contributed by atoms with Gasteiger partial charge in [-0.3, -0.25) is 4.79 Å². The van der Waals surface area contributed by atoms with Crippen molar-refractivity contribution < 1.29 is 14.7 Å². The molecule has 0 radical (unpaired) electrons. The molecule has 2 aromatic rings. The van der Waals surface area contributed by atoms with E-state index < -0.39 is 17.4 Å². The molecule has 0 saturated heterocycles. The molecule has 6 heteroatoms. The Hall–Kier alpha value is -2.01. The maximum Gasteiger partial charge on any atom is 0.328 e. The van der Waals surface area contributed by atoms with Crippen LogP contribution in [0.15, 0.2) is 24.3 Å². The van der Waals surface area contributed by atoms with E-state index in [4.69, 9.17) is 16.7 Å². The third-order valence-electron chi connectivity index (χ3n) is 3.22. The number of nitrogens with zero attached hydrogens (tertiary/aromatic N) is 1. The van der Waals surface area contributed by atoms with Crippen LogP contribution in [0.25, 0.3) is 10.9 Å². The largest absolute Gasteiger partial charge is 0.480 e. The first-order valence-corrected chi connectivity index (χ1v) is 6.42. The second kappa shape index (κ2) is 4.83. The summed E-state index contributed by atoms with van der Waals surface area (Å²) in [5, 5.41) is 12.6. The van der Waals surface area contributed by atoms with E-state index in [0.717, 1.165) is 10.9 Å². The van der Waals surface area contributed by atoms with E-state index in [1.807, 2.05) is 24.3 Å². The molecule has 1 aromatic heterocycles.